The summed E-state index contributed by atoms with van der Waals surface area (Å²) in [5.41, 5.74) is -0.760. The van der Waals surface area contributed by atoms with Crippen LogP contribution in [0.5, 0.6) is 0 Å². The summed E-state index contributed by atoms with van der Waals surface area (Å²) in [5.74, 6) is 0.149. The second-order valence-corrected chi connectivity index (χ2v) is 9.66. The van der Waals surface area contributed by atoms with Crippen LogP contribution in [0.4, 0.5) is 0 Å². The van der Waals surface area contributed by atoms with Crippen molar-refractivity contribution in [1.29, 1.82) is 0 Å². The Bertz CT molecular complexity index is 427. The van der Waals surface area contributed by atoms with Gasteiger partial charge >= 0.3 is 0 Å². The largest absolute Gasteiger partial charge is 0.389 e. The van der Waals surface area contributed by atoms with E-state index in [0.29, 0.717) is 6.42 Å². The Kier molecular flexibility index (Phi) is 4.05. The lowest BCUT2D eigenvalue weighted by molar-refractivity contribution is -0.145. The predicted octanol–water partition coefficient (Wildman–Crippen LogP) is 2.92. The van der Waals surface area contributed by atoms with E-state index >= 15 is 0 Å². The third-order valence-corrected chi connectivity index (χ3v) is 7.33. The molecule has 0 amide bonds. The summed E-state index contributed by atoms with van der Waals surface area (Å²) < 4.78 is 23.6. The predicted molar refractivity (Wildman–Crippen MR) is 77.8 cm³/mol. The lowest BCUT2D eigenvalue weighted by atomic mass is 9.57. The summed E-state index contributed by atoms with van der Waals surface area (Å²) in [5, 5.41) is 11.0. The zero-order chi connectivity index (χ0) is 14.3. The number of hydrogen-bond donors (Lipinski definition) is 1. The van der Waals surface area contributed by atoms with Crippen molar-refractivity contribution in [3.63, 3.8) is 0 Å². The molecule has 2 aliphatic carbocycles. The molecule has 2 rings (SSSR count). The van der Waals surface area contributed by atoms with Crippen molar-refractivity contribution in [3.8, 4) is 0 Å². The normalized spacial score (nSPS) is 40.0. The number of hydrogen-bond acceptors (Lipinski definition) is 3. The average Bonchev–Trinajstić information content (AvgIpc) is 2.32. The lowest BCUT2D eigenvalue weighted by Gasteiger charge is -2.52. The van der Waals surface area contributed by atoms with Gasteiger partial charge in [0.2, 0.25) is 0 Å². The minimum atomic E-state index is -2.97. The van der Waals surface area contributed by atoms with Crippen LogP contribution in [0, 0.1) is 11.3 Å². The first kappa shape index (κ1) is 15.3. The summed E-state index contributed by atoms with van der Waals surface area (Å²) >= 11 is 0. The fourth-order valence-electron chi connectivity index (χ4n) is 4.24. The van der Waals surface area contributed by atoms with Crippen LogP contribution in [0.25, 0.3) is 0 Å². The average molecular weight is 288 g/mol. The van der Waals surface area contributed by atoms with Crippen LogP contribution in [-0.4, -0.2) is 30.6 Å². The smallest absolute Gasteiger partial charge is 0.150 e. The standard InChI is InChI=1S/C15H28O3S/c1-14(2)9-4-5-10-15(14,16)12-7-6-8-13(11-12)19(3,17)18/h12-13,16H,4-11H2,1-3H3. The molecule has 112 valence electrons. The highest BCUT2D eigenvalue weighted by Gasteiger charge is 2.51. The van der Waals surface area contributed by atoms with Crippen molar-refractivity contribution in [2.75, 3.05) is 6.26 Å². The van der Waals surface area contributed by atoms with Crippen molar-refractivity contribution in [1.82, 2.24) is 0 Å². The third kappa shape index (κ3) is 2.85. The van der Waals surface area contributed by atoms with Crippen LogP contribution in [0.1, 0.15) is 65.2 Å². The molecule has 4 heteroatoms. The Morgan fingerprint density at radius 3 is 2.26 bits per heavy atom. The van der Waals surface area contributed by atoms with Crippen LogP contribution in [0.2, 0.25) is 0 Å². The second kappa shape index (κ2) is 5.03. The molecular formula is C15H28O3S. The summed E-state index contributed by atoms with van der Waals surface area (Å²) in [7, 11) is -2.97. The highest BCUT2D eigenvalue weighted by Crippen LogP contribution is 2.51. The van der Waals surface area contributed by atoms with Gasteiger partial charge in [0.05, 0.1) is 10.9 Å². The number of aliphatic hydroxyl groups is 1. The molecule has 0 radical (unpaired) electrons. The number of sulfone groups is 1. The van der Waals surface area contributed by atoms with Crippen molar-refractivity contribution < 1.29 is 13.5 Å². The van der Waals surface area contributed by atoms with Gasteiger partial charge in [0.1, 0.15) is 9.84 Å². The topological polar surface area (TPSA) is 54.4 Å². The van der Waals surface area contributed by atoms with Crippen LogP contribution >= 0.6 is 0 Å². The maximum Gasteiger partial charge on any atom is 0.150 e. The molecule has 2 fully saturated rings. The number of rotatable bonds is 2. The lowest BCUT2D eigenvalue weighted by Crippen LogP contribution is -2.54. The molecule has 0 bridgehead atoms. The quantitative estimate of drug-likeness (QED) is 0.850. The van der Waals surface area contributed by atoms with E-state index in [1.165, 1.54) is 12.7 Å². The Labute approximate surface area is 117 Å². The first-order valence-corrected chi connectivity index (χ1v) is 9.53. The van der Waals surface area contributed by atoms with Crippen molar-refractivity contribution in [2.45, 2.75) is 76.1 Å². The van der Waals surface area contributed by atoms with E-state index in [1.807, 2.05) is 0 Å². The van der Waals surface area contributed by atoms with E-state index in [-0.39, 0.29) is 16.6 Å². The highest BCUT2D eigenvalue weighted by molar-refractivity contribution is 7.91. The van der Waals surface area contributed by atoms with E-state index in [4.69, 9.17) is 0 Å². The second-order valence-electron chi connectivity index (χ2n) is 7.33. The summed E-state index contributed by atoms with van der Waals surface area (Å²) in [4.78, 5) is 0. The van der Waals surface area contributed by atoms with Gasteiger partial charge in [-0.2, -0.15) is 0 Å². The van der Waals surface area contributed by atoms with Gasteiger partial charge in [-0.3, -0.25) is 0 Å². The van der Waals surface area contributed by atoms with Gasteiger partial charge in [-0.1, -0.05) is 33.1 Å². The molecular weight excluding hydrogens is 260 g/mol. The molecule has 3 nitrogen and oxygen atoms in total. The SMILES string of the molecule is CC1(C)CCCCC1(O)C1CCCC(S(C)(=O)=O)C1. The summed E-state index contributed by atoms with van der Waals surface area (Å²) in [6.07, 6.45) is 8.80. The monoisotopic (exact) mass is 288 g/mol. The van der Waals surface area contributed by atoms with Gasteiger partial charge in [-0.05, 0) is 43.4 Å². The van der Waals surface area contributed by atoms with Crippen LogP contribution in [0.3, 0.4) is 0 Å². The van der Waals surface area contributed by atoms with E-state index < -0.39 is 15.4 Å². The molecule has 2 aliphatic rings. The van der Waals surface area contributed by atoms with Gasteiger partial charge in [-0.25, -0.2) is 8.42 Å². The third-order valence-electron chi connectivity index (χ3n) is 5.69. The molecule has 0 aromatic carbocycles. The first-order valence-electron chi connectivity index (χ1n) is 7.58. The Morgan fingerprint density at radius 1 is 1.05 bits per heavy atom. The molecule has 2 saturated carbocycles. The van der Waals surface area contributed by atoms with Gasteiger partial charge < -0.3 is 5.11 Å². The van der Waals surface area contributed by atoms with Crippen molar-refractivity contribution >= 4 is 9.84 Å². The van der Waals surface area contributed by atoms with Gasteiger partial charge in [-0.15, -0.1) is 0 Å². The molecule has 0 aliphatic heterocycles. The maximum atomic E-state index is 11.8. The fraction of sp³-hybridized carbons (Fsp3) is 1.00. The van der Waals surface area contributed by atoms with Crippen LogP contribution in [-0.2, 0) is 9.84 Å². The molecule has 0 aromatic heterocycles. The van der Waals surface area contributed by atoms with E-state index in [0.717, 1.165) is 38.5 Å². The molecule has 19 heavy (non-hydrogen) atoms. The molecule has 0 spiro atoms. The van der Waals surface area contributed by atoms with E-state index in [9.17, 15) is 13.5 Å². The van der Waals surface area contributed by atoms with Crippen LogP contribution in [0.15, 0.2) is 0 Å². The zero-order valence-electron chi connectivity index (χ0n) is 12.5. The maximum absolute atomic E-state index is 11.8. The molecule has 3 unspecified atom stereocenters. The minimum Gasteiger partial charge on any atom is -0.389 e. The van der Waals surface area contributed by atoms with E-state index in [1.54, 1.807) is 0 Å². The fourth-order valence-corrected chi connectivity index (χ4v) is 5.42. The van der Waals surface area contributed by atoms with Gasteiger partial charge in [0.15, 0.2) is 0 Å². The highest BCUT2D eigenvalue weighted by atomic mass is 32.2. The van der Waals surface area contributed by atoms with Crippen molar-refractivity contribution in [2.24, 2.45) is 11.3 Å². The molecule has 1 N–H and O–H groups in total. The van der Waals surface area contributed by atoms with E-state index in [2.05, 4.69) is 13.8 Å². The Morgan fingerprint density at radius 2 is 1.68 bits per heavy atom. The molecule has 0 aromatic rings. The first-order chi connectivity index (χ1) is 8.67. The van der Waals surface area contributed by atoms with Crippen molar-refractivity contribution in [3.05, 3.63) is 0 Å². The Hall–Kier alpha value is -0.0900. The Balaban J connectivity index is 2.20. The minimum absolute atomic E-state index is 0.0880. The molecule has 0 saturated heterocycles. The zero-order valence-corrected chi connectivity index (χ0v) is 13.3. The summed E-state index contributed by atoms with van der Waals surface area (Å²) in [6, 6.07) is 0. The van der Waals surface area contributed by atoms with Gasteiger partial charge in [0.25, 0.3) is 0 Å². The molecule has 0 heterocycles. The molecule has 3 atom stereocenters. The summed E-state index contributed by atoms with van der Waals surface area (Å²) in [6.45, 7) is 4.30. The van der Waals surface area contributed by atoms with Gasteiger partial charge in [0, 0.05) is 6.26 Å². The van der Waals surface area contributed by atoms with Crippen LogP contribution < -0.4 is 0 Å².